The summed E-state index contributed by atoms with van der Waals surface area (Å²) in [5, 5.41) is 2.02. The molecule has 0 aliphatic rings. The van der Waals surface area contributed by atoms with Crippen molar-refractivity contribution in [1.29, 1.82) is 0 Å². The second-order valence-electron chi connectivity index (χ2n) is 1.95. The molecular formula is C7H17N3O3S2. The van der Waals surface area contributed by atoms with Crippen LogP contribution in [0.1, 0.15) is 13.8 Å². The first-order valence-corrected chi connectivity index (χ1v) is 4.69. The van der Waals surface area contributed by atoms with Crippen LogP contribution in [-0.2, 0) is 9.53 Å². The fourth-order valence-electron chi connectivity index (χ4n) is 0.249. The van der Waals surface area contributed by atoms with Crippen LogP contribution < -0.4 is 16.8 Å². The molecule has 6 nitrogen and oxygen atoms in total. The number of hydrogen-bond donors (Lipinski definition) is 4. The van der Waals surface area contributed by atoms with E-state index in [0.29, 0.717) is 0 Å². The van der Waals surface area contributed by atoms with E-state index in [1.54, 1.807) is 0 Å². The largest absolute Gasteiger partial charge is 0.475 e. The summed E-state index contributed by atoms with van der Waals surface area (Å²) in [5.41, 5.74) is 9.14. The van der Waals surface area contributed by atoms with Crippen LogP contribution in [0.15, 0.2) is 0 Å². The van der Waals surface area contributed by atoms with Crippen molar-refractivity contribution >= 4 is 41.2 Å². The maximum atomic E-state index is 9.93. The van der Waals surface area contributed by atoms with Gasteiger partial charge in [0.25, 0.3) is 10.4 Å². The maximum absolute atomic E-state index is 9.93. The number of methoxy groups -OCH3 is 1. The maximum Gasteiger partial charge on any atom is 0.273 e. The van der Waals surface area contributed by atoms with Gasteiger partial charge in [-0.3, -0.25) is 9.59 Å². The van der Waals surface area contributed by atoms with Crippen LogP contribution in [0.2, 0.25) is 0 Å². The van der Waals surface area contributed by atoms with Crippen molar-refractivity contribution in [1.82, 2.24) is 5.32 Å². The number of amides is 2. The number of thiol groups is 1. The van der Waals surface area contributed by atoms with Gasteiger partial charge in [0.2, 0.25) is 5.91 Å². The predicted octanol–water partition coefficient (Wildman–Crippen LogP) is 0.0137. The Morgan fingerprint density at radius 3 is 1.73 bits per heavy atom. The monoisotopic (exact) mass is 255 g/mol. The molecule has 0 spiro atoms. The van der Waals surface area contributed by atoms with Crippen LogP contribution in [0.4, 0.5) is 4.79 Å². The first-order valence-electron chi connectivity index (χ1n) is 3.84. The van der Waals surface area contributed by atoms with E-state index in [9.17, 15) is 4.79 Å². The normalized spacial score (nSPS) is 6.93. The van der Waals surface area contributed by atoms with Crippen LogP contribution in [0.5, 0.6) is 0 Å². The molecule has 0 aromatic heterocycles. The van der Waals surface area contributed by atoms with Crippen LogP contribution >= 0.6 is 24.8 Å². The Kier molecular flexibility index (Phi) is 20.1. The molecule has 0 aromatic rings. The highest BCUT2D eigenvalue weighted by atomic mass is 32.1. The molecule has 0 rings (SSSR count). The van der Waals surface area contributed by atoms with Crippen LogP contribution in [0.3, 0.4) is 0 Å². The van der Waals surface area contributed by atoms with Gasteiger partial charge >= 0.3 is 0 Å². The summed E-state index contributed by atoms with van der Waals surface area (Å²) < 4.78 is 4.26. The Balaban J connectivity index is -0.000000147. The summed E-state index contributed by atoms with van der Waals surface area (Å²) in [6, 6.07) is 0. The van der Waals surface area contributed by atoms with Gasteiger partial charge in [0.15, 0.2) is 0 Å². The summed E-state index contributed by atoms with van der Waals surface area (Å²) in [6.07, 6.45) is 0. The van der Waals surface area contributed by atoms with Crippen molar-refractivity contribution in [3.05, 3.63) is 0 Å². The number of rotatable bonds is 1. The van der Waals surface area contributed by atoms with Gasteiger partial charge in [-0.25, -0.2) is 0 Å². The second-order valence-corrected chi connectivity index (χ2v) is 2.79. The molecule has 0 saturated carbocycles. The lowest BCUT2D eigenvalue weighted by Crippen LogP contribution is -2.18. The van der Waals surface area contributed by atoms with E-state index in [4.69, 9.17) is 10.5 Å². The third-order valence-corrected chi connectivity index (χ3v) is 0.794. The van der Waals surface area contributed by atoms with E-state index >= 15 is 0 Å². The lowest BCUT2D eigenvalue weighted by Gasteiger charge is -1.88. The van der Waals surface area contributed by atoms with Crippen LogP contribution in [-0.4, -0.2) is 30.0 Å². The predicted molar refractivity (Wildman–Crippen MR) is 66.7 cm³/mol. The molecule has 0 aliphatic carbocycles. The van der Waals surface area contributed by atoms with Crippen molar-refractivity contribution in [2.45, 2.75) is 13.8 Å². The van der Waals surface area contributed by atoms with Crippen molar-refractivity contribution in [2.24, 2.45) is 11.5 Å². The van der Waals surface area contributed by atoms with Crippen LogP contribution in [0, 0.1) is 0 Å². The van der Waals surface area contributed by atoms with Gasteiger partial charge < -0.3 is 21.5 Å². The van der Waals surface area contributed by atoms with Gasteiger partial charge in [0.1, 0.15) is 0 Å². The zero-order valence-electron chi connectivity index (χ0n) is 8.94. The number of nitrogens with one attached hydrogen (secondary N) is 1. The molecule has 8 heteroatoms. The van der Waals surface area contributed by atoms with Crippen molar-refractivity contribution in [3.8, 4) is 0 Å². The molecule has 0 radical (unpaired) electrons. The minimum atomic E-state index is -0.639. The molecule has 15 heavy (non-hydrogen) atoms. The summed E-state index contributed by atoms with van der Waals surface area (Å²) in [6.45, 7) is 4.13. The van der Waals surface area contributed by atoms with E-state index in [1.807, 2.05) is 6.92 Å². The number of ether oxygens (including phenoxy) is 1. The Morgan fingerprint density at radius 2 is 1.73 bits per heavy atom. The van der Waals surface area contributed by atoms with Crippen LogP contribution in [0.25, 0.3) is 0 Å². The Bertz CT molecular complexity index is 196. The lowest BCUT2D eigenvalue weighted by atomic mass is 10.6. The first kappa shape index (κ1) is 19.5. The molecule has 0 atom stereocenters. The van der Waals surface area contributed by atoms with Crippen molar-refractivity contribution < 1.29 is 14.3 Å². The molecule has 0 unspecified atom stereocenters. The minimum absolute atomic E-state index is 0.0394. The van der Waals surface area contributed by atoms with E-state index in [1.165, 1.54) is 14.0 Å². The Hall–Kier alpha value is -1.02. The zero-order chi connectivity index (χ0) is 12.9. The van der Waals surface area contributed by atoms with E-state index in [0.717, 1.165) is 6.54 Å². The van der Waals surface area contributed by atoms with Gasteiger partial charge in [0.05, 0.1) is 7.11 Å². The van der Waals surface area contributed by atoms with Gasteiger partial charge in [-0.05, 0) is 19.1 Å². The Morgan fingerprint density at radius 1 is 1.47 bits per heavy atom. The molecule has 0 saturated heterocycles. The molecule has 0 fully saturated rings. The standard InChI is InChI=1S/C4H9NO.C2H5NOS.CH3NOS/c1-3-5-4(2)6;1-4-2(3)5;2-1(3)4/h3H2,1-2H3,(H,5,6);1H3,(H2,3,5);(H3,2,3,4). The first-order chi connectivity index (χ1) is 6.77. The third-order valence-electron chi connectivity index (χ3n) is 0.627. The number of carbonyl (C=O) groups excluding carboxylic acids is 2. The fourth-order valence-corrected chi connectivity index (χ4v) is 0.249. The molecule has 5 N–H and O–H groups in total. The molecule has 90 valence electrons. The zero-order valence-corrected chi connectivity index (χ0v) is 10.7. The lowest BCUT2D eigenvalue weighted by molar-refractivity contribution is -0.118. The van der Waals surface area contributed by atoms with Gasteiger partial charge in [-0.15, -0.1) is 0 Å². The molecule has 0 heterocycles. The number of thiocarbonyl (C=S) groups is 1. The molecule has 2 amide bonds. The van der Waals surface area contributed by atoms with Crippen molar-refractivity contribution in [2.75, 3.05) is 13.7 Å². The minimum Gasteiger partial charge on any atom is -0.475 e. The molecular weight excluding hydrogens is 238 g/mol. The highest BCUT2D eigenvalue weighted by Gasteiger charge is 1.79. The van der Waals surface area contributed by atoms with E-state index < -0.39 is 5.24 Å². The number of nitrogens with two attached hydrogens (primary N) is 2. The highest BCUT2D eigenvalue weighted by Crippen LogP contribution is 1.60. The van der Waals surface area contributed by atoms with E-state index in [-0.39, 0.29) is 11.1 Å². The number of carbonyl (C=O) groups is 2. The van der Waals surface area contributed by atoms with Gasteiger partial charge in [-0.2, -0.15) is 0 Å². The summed E-state index contributed by atoms with van der Waals surface area (Å²) in [4.78, 5) is 19.0. The quantitative estimate of drug-likeness (QED) is 0.390. The third kappa shape index (κ3) is 98.8. The smallest absolute Gasteiger partial charge is 0.273 e. The average Bonchev–Trinajstić information content (AvgIpc) is 2.03. The Labute approximate surface area is 100 Å². The van der Waals surface area contributed by atoms with Gasteiger partial charge in [-0.1, -0.05) is 12.6 Å². The second kappa shape index (κ2) is 15.5. The van der Waals surface area contributed by atoms with Gasteiger partial charge in [0, 0.05) is 13.5 Å². The summed E-state index contributed by atoms with van der Waals surface area (Å²) in [7, 11) is 1.43. The van der Waals surface area contributed by atoms with E-state index in [2.05, 4.69) is 40.6 Å². The topological polar surface area (TPSA) is 107 Å². The summed E-state index contributed by atoms with van der Waals surface area (Å²) in [5.74, 6) is 0.0394. The summed E-state index contributed by atoms with van der Waals surface area (Å²) >= 11 is 7.36. The SMILES string of the molecule is CCNC(C)=O.COC(N)=S.NC(=O)S. The molecule has 0 aromatic carbocycles. The fraction of sp³-hybridized carbons (Fsp3) is 0.571. The van der Waals surface area contributed by atoms with Crippen molar-refractivity contribution in [3.63, 3.8) is 0 Å². The number of primary amides is 1. The average molecular weight is 255 g/mol. The number of hydrogen-bond acceptors (Lipinski definition) is 4. The molecule has 0 bridgehead atoms. The molecule has 0 aliphatic heterocycles. The highest BCUT2D eigenvalue weighted by molar-refractivity contribution is 7.96.